The molecule has 112 valence electrons. The number of ketones is 1. The number of benzene rings is 1. The zero-order valence-electron chi connectivity index (χ0n) is 12.5. The first-order valence-corrected chi connectivity index (χ1v) is 8.20. The molecule has 0 N–H and O–H groups in total. The Hall–Kier alpha value is -1.05. The van der Waals surface area contributed by atoms with Crippen LogP contribution in [0.3, 0.4) is 0 Å². The lowest BCUT2D eigenvalue weighted by molar-refractivity contribution is -0.117. The molecule has 3 heteroatoms. The first-order chi connectivity index (χ1) is 10.1. The molecule has 0 aliphatic heterocycles. The molecular formula is C18H20Cl2O. The summed E-state index contributed by atoms with van der Waals surface area (Å²) in [5.74, 6) is -0.00411. The molecule has 0 bridgehead atoms. The Balaban J connectivity index is 2.07. The van der Waals surface area contributed by atoms with Crippen molar-refractivity contribution in [3.63, 3.8) is 0 Å². The zero-order valence-corrected chi connectivity index (χ0v) is 14.0. The molecule has 2 rings (SSSR count). The Kier molecular flexibility index (Phi) is 5.66. The molecule has 1 aromatic carbocycles. The maximum Gasteiger partial charge on any atom is 0.181 e. The van der Waals surface area contributed by atoms with Crippen molar-refractivity contribution in [2.24, 2.45) is 5.92 Å². The van der Waals surface area contributed by atoms with Crippen molar-refractivity contribution in [1.82, 2.24) is 0 Å². The van der Waals surface area contributed by atoms with E-state index in [1.165, 1.54) is 5.56 Å². The number of rotatable bonds is 5. The van der Waals surface area contributed by atoms with Crippen molar-refractivity contribution in [3.05, 3.63) is 57.1 Å². The summed E-state index contributed by atoms with van der Waals surface area (Å²) in [5.41, 5.74) is 3.27. The Morgan fingerprint density at radius 3 is 2.52 bits per heavy atom. The second kappa shape index (κ2) is 7.29. The molecule has 1 aromatic rings. The lowest BCUT2D eigenvalue weighted by Gasteiger charge is -2.16. The molecule has 1 unspecified atom stereocenters. The standard InChI is InChI=1S/C18H20Cl2O/c1-3-13-7-5-12(11-16(13)19)6-8-15-10-9-14(4-2)18(21)17(15)20/h5,7,9-11,14H,3-4,6,8H2,1-2H3. The summed E-state index contributed by atoms with van der Waals surface area (Å²) >= 11 is 12.4. The number of carbonyl (C=O) groups is 1. The highest BCUT2D eigenvalue weighted by atomic mass is 35.5. The fourth-order valence-electron chi connectivity index (χ4n) is 2.54. The largest absolute Gasteiger partial charge is 0.293 e. The zero-order chi connectivity index (χ0) is 15.4. The lowest BCUT2D eigenvalue weighted by Crippen LogP contribution is -2.16. The normalized spacial score (nSPS) is 18.5. The third kappa shape index (κ3) is 3.78. The van der Waals surface area contributed by atoms with Crippen LogP contribution in [0.2, 0.25) is 5.02 Å². The minimum Gasteiger partial charge on any atom is -0.293 e. The number of carbonyl (C=O) groups excluding carboxylic acids is 1. The van der Waals surface area contributed by atoms with Gasteiger partial charge in [0.1, 0.15) is 0 Å². The SMILES string of the molecule is CCc1ccc(CCC2=C(Cl)C(=O)C(CC)C=C2)cc1Cl. The van der Waals surface area contributed by atoms with Crippen LogP contribution in [0.15, 0.2) is 41.0 Å². The second-order valence-corrected chi connectivity index (χ2v) is 6.14. The van der Waals surface area contributed by atoms with Crippen molar-refractivity contribution < 1.29 is 4.79 Å². The van der Waals surface area contributed by atoms with Gasteiger partial charge in [-0.05, 0) is 48.4 Å². The van der Waals surface area contributed by atoms with Gasteiger partial charge >= 0.3 is 0 Å². The van der Waals surface area contributed by atoms with Crippen LogP contribution in [0, 0.1) is 5.92 Å². The Morgan fingerprint density at radius 1 is 1.14 bits per heavy atom. The molecule has 0 amide bonds. The van der Waals surface area contributed by atoms with E-state index in [0.29, 0.717) is 5.03 Å². The predicted molar refractivity (Wildman–Crippen MR) is 90.0 cm³/mol. The molecule has 0 fully saturated rings. The molecule has 1 nitrogen and oxygen atoms in total. The maximum absolute atomic E-state index is 12.1. The van der Waals surface area contributed by atoms with E-state index in [2.05, 4.69) is 19.1 Å². The highest BCUT2D eigenvalue weighted by molar-refractivity contribution is 6.43. The number of allylic oxidation sites excluding steroid dienone is 4. The average Bonchev–Trinajstić information content (AvgIpc) is 2.49. The summed E-state index contributed by atoms with van der Waals surface area (Å²) in [4.78, 5) is 12.1. The number of aryl methyl sites for hydroxylation is 2. The van der Waals surface area contributed by atoms with Gasteiger partial charge in [-0.1, -0.05) is 61.3 Å². The quantitative estimate of drug-likeness (QED) is 0.700. The van der Waals surface area contributed by atoms with Gasteiger partial charge < -0.3 is 0 Å². The minimum atomic E-state index is -0.0560. The van der Waals surface area contributed by atoms with E-state index in [-0.39, 0.29) is 11.7 Å². The van der Waals surface area contributed by atoms with E-state index in [0.717, 1.165) is 41.8 Å². The van der Waals surface area contributed by atoms with E-state index in [1.807, 2.05) is 25.1 Å². The molecule has 0 radical (unpaired) electrons. The van der Waals surface area contributed by atoms with Gasteiger partial charge in [0.15, 0.2) is 5.78 Å². The van der Waals surface area contributed by atoms with Gasteiger partial charge in [-0.15, -0.1) is 0 Å². The first-order valence-electron chi connectivity index (χ1n) is 7.45. The van der Waals surface area contributed by atoms with Gasteiger partial charge in [0.2, 0.25) is 0 Å². The average molecular weight is 323 g/mol. The van der Waals surface area contributed by atoms with Crippen molar-refractivity contribution >= 4 is 29.0 Å². The van der Waals surface area contributed by atoms with Crippen LogP contribution < -0.4 is 0 Å². The second-order valence-electron chi connectivity index (χ2n) is 5.36. The summed E-state index contributed by atoms with van der Waals surface area (Å²) in [6, 6.07) is 6.18. The first kappa shape index (κ1) is 16.3. The summed E-state index contributed by atoms with van der Waals surface area (Å²) < 4.78 is 0. The highest BCUT2D eigenvalue weighted by Gasteiger charge is 2.22. The highest BCUT2D eigenvalue weighted by Crippen LogP contribution is 2.28. The van der Waals surface area contributed by atoms with Crippen LogP contribution in [0.1, 0.15) is 37.8 Å². The van der Waals surface area contributed by atoms with Gasteiger partial charge in [-0.25, -0.2) is 0 Å². The van der Waals surface area contributed by atoms with Gasteiger partial charge in [-0.2, -0.15) is 0 Å². The van der Waals surface area contributed by atoms with E-state index < -0.39 is 0 Å². The summed E-state index contributed by atoms with van der Waals surface area (Å²) in [5, 5.41) is 1.22. The number of Topliss-reactive ketones (excluding diaryl/α,β-unsaturated/α-hetero) is 1. The van der Waals surface area contributed by atoms with Crippen LogP contribution in [-0.2, 0) is 17.6 Å². The monoisotopic (exact) mass is 322 g/mol. The summed E-state index contributed by atoms with van der Waals surface area (Å²) in [6.45, 7) is 4.09. The Morgan fingerprint density at radius 2 is 1.90 bits per heavy atom. The van der Waals surface area contributed by atoms with Crippen LogP contribution in [0.5, 0.6) is 0 Å². The number of halogens is 2. The molecule has 0 saturated heterocycles. The van der Waals surface area contributed by atoms with Gasteiger partial charge in [-0.3, -0.25) is 4.79 Å². The number of hydrogen-bond acceptors (Lipinski definition) is 1. The van der Waals surface area contributed by atoms with Gasteiger partial charge in [0, 0.05) is 10.9 Å². The topological polar surface area (TPSA) is 17.1 Å². The predicted octanol–water partition coefficient (Wildman–Crippen LogP) is 5.49. The van der Waals surface area contributed by atoms with Crippen LogP contribution in [0.4, 0.5) is 0 Å². The summed E-state index contributed by atoms with van der Waals surface area (Å²) in [7, 11) is 0. The van der Waals surface area contributed by atoms with E-state index in [9.17, 15) is 4.79 Å². The number of hydrogen-bond donors (Lipinski definition) is 0. The summed E-state index contributed by atoms with van der Waals surface area (Å²) in [6.07, 6.45) is 7.30. The van der Waals surface area contributed by atoms with Crippen LogP contribution in [-0.4, -0.2) is 5.78 Å². The Bertz CT molecular complexity index is 599. The molecule has 0 spiro atoms. The molecule has 21 heavy (non-hydrogen) atoms. The molecule has 1 aliphatic rings. The van der Waals surface area contributed by atoms with E-state index in [1.54, 1.807) is 0 Å². The smallest absolute Gasteiger partial charge is 0.181 e. The van der Waals surface area contributed by atoms with Crippen LogP contribution in [0.25, 0.3) is 0 Å². The van der Waals surface area contributed by atoms with Crippen molar-refractivity contribution in [2.45, 2.75) is 39.5 Å². The van der Waals surface area contributed by atoms with E-state index >= 15 is 0 Å². The van der Waals surface area contributed by atoms with Crippen molar-refractivity contribution in [3.8, 4) is 0 Å². The Labute approximate surface area is 136 Å². The van der Waals surface area contributed by atoms with Gasteiger partial charge in [0.05, 0.1) is 5.03 Å². The third-order valence-corrected chi connectivity index (χ3v) is 4.77. The minimum absolute atomic E-state index is 0.0519. The maximum atomic E-state index is 12.1. The molecule has 1 atom stereocenters. The fraction of sp³-hybridized carbons (Fsp3) is 0.389. The molecule has 0 saturated carbocycles. The molecule has 0 heterocycles. The van der Waals surface area contributed by atoms with Gasteiger partial charge in [0.25, 0.3) is 0 Å². The van der Waals surface area contributed by atoms with E-state index in [4.69, 9.17) is 23.2 Å². The molecule has 0 aromatic heterocycles. The fourth-order valence-corrected chi connectivity index (χ4v) is 3.17. The van der Waals surface area contributed by atoms with Crippen LogP contribution >= 0.6 is 23.2 Å². The van der Waals surface area contributed by atoms with Crippen molar-refractivity contribution in [1.29, 1.82) is 0 Å². The third-order valence-electron chi connectivity index (χ3n) is 3.99. The van der Waals surface area contributed by atoms with Crippen molar-refractivity contribution in [2.75, 3.05) is 0 Å². The molecular weight excluding hydrogens is 303 g/mol. The lowest BCUT2D eigenvalue weighted by atomic mass is 9.90. The molecule has 1 aliphatic carbocycles.